The Bertz CT molecular complexity index is 1190. The number of carbonyl (C=O) groups excluding carboxylic acids is 2. The molecule has 2 atom stereocenters. The fourth-order valence-corrected chi connectivity index (χ4v) is 4.17. The van der Waals surface area contributed by atoms with Crippen molar-refractivity contribution in [3.8, 4) is 5.75 Å². The van der Waals surface area contributed by atoms with Crippen molar-refractivity contribution in [3.63, 3.8) is 0 Å². The van der Waals surface area contributed by atoms with E-state index in [4.69, 9.17) is 14.6 Å². The fourth-order valence-electron chi connectivity index (χ4n) is 4.17. The molecule has 0 radical (unpaired) electrons. The van der Waals surface area contributed by atoms with E-state index in [0.717, 1.165) is 24.8 Å². The average molecular weight is 659 g/mol. The van der Waals surface area contributed by atoms with Crippen molar-refractivity contribution >= 4 is 48.8 Å². The van der Waals surface area contributed by atoms with E-state index in [1.54, 1.807) is 26.8 Å². The minimum Gasteiger partial charge on any atom is -0.481 e. The van der Waals surface area contributed by atoms with Gasteiger partial charge in [-0.05, 0) is 63.3 Å². The van der Waals surface area contributed by atoms with Crippen molar-refractivity contribution < 1.29 is 38.9 Å². The summed E-state index contributed by atoms with van der Waals surface area (Å²) < 4.78 is 10.6. The van der Waals surface area contributed by atoms with Crippen molar-refractivity contribution in [3.05, 3.63) is 65.2 Å². The van der Waals surface area contributed by atoms with E-state index in [9.17, 15) is 24.3 Å². The molecule has 0 aliphatic carbocycles. The largest absolute Gasteiger partial charge is 0.481 e. The van der Waals surface area contributed by atoms with Gasteiger partial charge in [0.25, 0.3) is 0 Å². The van der Waals surface area contributed by atoms with Crippen LogP contribution >= 0.6 is 24.8 Å². The number of nitrogens with one attached hydrogen (secondary N) is 3. The van der Waals surface area contributed by atoms with Crippen LogP contribution in [0, 0.1) is 0 Å². The molecule has 246 valence electrons. The van der Waals surface area contributed by atoms with Crippen LogP contribution in [0.15, 0.2) is 48.5 Å². The van der Waals surface area contributed by atoms with E-state index >= 15 is 0 Å². The van der Waals surface area contributed by atoms with Gasteiger partial charge >= 0.3 is 18.0 Å². The maximum atomic E-state index is 13.3. The lowest BCUT2D eigenvalue weighted by Gasteiger charge is -2.26. The van der Waals surface area contributed by atoms with Crippen molar-refractivity contribution in [1.29, 1.82) is 0 Å². The smallest absolute Gasteiger partial charge is 0.407 e. The van der Waals surface area contributed by atoms with E-state index < -0.39 is 42.3 Å². The summed E-state index contributed by atoms with van der Waals surface area (Å²) in [6.07, 6.45) is 2.85. The van der Waals surface area contributed by atoms with Crippen LogP contribution in [-0.4, -0.2) is 71.5 Å². The summed E-state index contributed by atoms with van der Waals surface area (Å²) in [6, 6.07) is 12.8. The Balaban J connectivity index is 0.00000924. The molecule has 0 aliphatic rings. The number of aliphatic carboxylic acids is 1. The number of alkyl carbamates (subject to hydrolysis) is 1. The minimum atomic E-state index is -1.28. The Morgan fingerprint density at radius 1 is 0.909 bits per heavy atom. The Labute approximate surface area is 271 Å². The van der Waals surface area contributed by atoms with Gasteiger partial charge in [-0.2, -0.15) is 0 Å². The zero-order valence-electron chi connectivity index (χ0n) is 25.6. The lowest BCUT2D eigenvalue weighted by atomic mass is 10.0. The van der Waals surface area contributed by atoms with Crippen LogP contribution in [0.3, 0.4) is 0 Å². The summed E-state index contributed by atoms with van der Waals surface area (Å²) >= 11 is 0. The fraction of sp³-hybridized carbons (Fsp3) is 0.484. The zero-order valence-corrected chi connectivity index (χ0v) is 27.2. The molecular formula is C31H45Cl2N3O8. The van der Waals surface area contributed by atoms with Crippen LogP contribution in [0.1, 0.15) is 68.4 Å². The number of halogens is 2. The molecule has 2 aromatic carbocycles. The van der Waals surface area contributed by atoms with Gasteiger partial charge in [0.2, 0.25) is 5.91 Å². The number of carbonyl (C=O) groups is 4. The predicted octanol–water partition coefficient (Wildman–Crippen LogP) is 4.63. The highest BCUT2D eigenvalue weighted by Crippen LogP contribution is 2.21. The Kier molecular flexibility index (Phi) is 18.8. The van der Waals surface area contributed by atoms with Crippen molar-refractivity contribution in [1.82, 2.24) is 16.0 Å². The molecule has 44 heavy (non-hydrogen) atoms. The van der Waals surface area contributed by atoms with E-state index in [1.165, 1.54) is 12.1 Å². The first-order valence-electron chi connectivity index (χ1n) is 14.1. The summed E-state index contributed by atoms with van der Waals surface area (Å²) in [5.74, 6) is -2.85. The lowest BCUT2D eigenvalue weighted by molar-refractivity contribution is -0.139. The maximum Gasteiger partial charge on any atom is 0.407 e. The second-order valence-electron chi connectivity index (χ2n) is 11.0. The van der Waals surface area contributed by atoms with Gasteiger partial charge in [-0.15, -0.1) is 24.8 Å². The van der Waals surface area contributed by atoms with Crippen molar-refractivity contribution in [2.45, 2.75) is 77.5 Å². The van der Waals surface area contributed by atoms with Gasteiger partial charge in [0.05, 0.1) is 6.04 Å². The Hall–Kier alpha value is -3.54. The summed E-state index contributed by atoms with van der Waals surface area (Å²) in [6.45, 7) is 7.44. The topological polar surface area (TPSA) is 163 Å². The molecule has 0 fully saturated rings. The Morgan fingerprint density at radius 3 is 2.18 bits per heavy atom. The summed E-state index contributed by atoms with van der Waals surface area (Å²) in [4.78, 5) is 48.6. The van der Waals surface area contributed by atoms with E-state index in [1.807, 2.05) is 30.3 Å². The molecular weight excluding hydrogens is 613 g/mol. The Morgan fingerprint density at radius 2 is 1.59 bits per heavy atom. The van der Waals surface area contributed by atoms with Crippen molar-refractivity contribution in [2.75, 3.05) is 19.7 Å². The molecule has 11 nitrogen and oxygen atoms in total. The first kappa shape index (κ1) is 40.5. The van der Waals surface area contributed by atoms with E-state index in [2.05, 4.69) is 22.9 Å². The van der Waals surface area contributed by atoms with Gasteiger partial charge in [-0.25, -0.2) is 14.4 Å². The number of ether oxygens (including phenoxy) is 2. The minimum absolute atomic E-state index is 0. The maximum absolute atomic E-state index is 13.3. The van der Waals surface area contributed by atoms with Crippen LogP contribution in [0.2, 0.25) is 0 Å². The number of amides is 2. The molecule has 0 saturated heterocycles. The third-order valence-electron chi connectivity index (χ3n) is 6.12. The second kappa shape index (κ2) is 20.4. The predicted molar refractivity (Wildman–Crippen MR) is 172 cm³/mol. The van der Waals surface area contributed by atoms with Crippen LogP contribution in [-0.2, 0) is 27.2 Å². The normalized spacial score (nSPS) is 12.0. The van der Waals surface area contributed by atoms with Gasteiger partial charge in [0.15, 0.2) is 6.61 Å². The standard InChI is InChI=1S/C31H43N3O8.2ClH/c1-5-6-10-15-32-28(37)25(18-22-13-14-26(41-20-27(35)36)24(17-22)29(38)39)33-19-23(16-21-11-8-7-9-12-21)34-30(40)42-31(2,3)4;;/h7-9,11-14,17,23,25,33H,5-6,10,15-16,18-20H2,1-4H3,(H,32,37)(H,34,40)(H,35,36)(H,38,39);2*1H/t23-,25+;;/m1../s1. The zero-order chi connectivity index (χ0) is 31.1. The third-order valence-corrected chi connectivity index (χ3v) is 6.12. The monoisotopic (exact) mass is 657 g/mol. The van der Waals surface area contributed by atoms with E-state index in [0.29, 0.717) is 18.5 Å². The number of hydrogen-bond acceptors (Lipinski definition) is 7. The molecule has 2 aromatic rings. The molecule has 0 aromatic heterocycles. The molecule has 0 saturated carbocycles. The number of hydrogen-bond donors (Lipinski definition) is 5. The molecule has 0 bridgehead atoms. The number of carboxylic acids is 2. The molecule has 0 unspecified atom stereocenters. The highest BCUT2D eigenvalue weighted by Gasteiger charge is 2.24. The number of rotatable bonds is 17. The first-order chi connectivity index (χ1) is 19.9. The summed E-state index contributed by atoms with van der Waals surface area (Å²) in [5, 5.41) is 27.7. The van der Waals surface area contributed by atoms with Gasteiger partial charge in [0, 0.05) is 19.1 Å². The first-order valence-corrected chi connectivity index (χ1v) is 14.1. The average Bonchev–Trinajstić information content (AvgIpc) is 2.91. The lowest BCUT2D eigenvalue weighted by Crippen LogP contribution is -2.52. The van der Waals surface area contributed by atoms with Gasteiger partial charge < -0.3 is 35.6 Å². The molecule has 2 rings (SSSR count). The van der Waals surface area contributed by atoms with Crippen LogP contribution in [0.5, 0.6) is 5.75 Å². The molecule has 2 amide bonds. The van der Waals surface area contributed by atoms with Gasteiger partial charge in [-0.3, -0.25) is 4.79 Å². The second-order valence-corrected chi connectivity index (χ2v) is 11.0. The van der Waals surface area contributed by atoms with Crippen molar-refractivity contribution in [2.24, 2.45) is 0 Å². The van der Waals surface area contributed by atoms with Gasteiger partial charge in [0.1, 0.15) is 16.9 Å². The number of unbranched alkanes of at least 4 members (excludes halogenated alkanes) is 2. The van der Waals surface area contributed by atoms with Crippen LogP contribution in [0.25, 0.3) is 0 Å². The molecule has 5 N–H and O–H groups in total. The quantitative estimate of drug-likeness (QED) is 0.153. The molecule has 0 heterocycles. The van der Waals surface area contributed by atoms with E-state index in [-0.39, 0.29) is 55.0 Å². The number of aromatic carboxylic acids is 1. The SMILES string of the molecule is CCCCCNC(=O)[C@H](Cc1ccc(OCC(=O)O)c(C(=O)O)c1)NC[C@@H](Cc1ccccc1)NC(=O)OC(C)(C)C.Cl.Cl. The highest BCUT2D eigenvalue weighted by molar-refractivity contribution is 5.91. The summed E-state index contributed by atoms with van der Waals surface area (Å²) in [5.41, 5.74) is 0.641. The highest BCUT2D eigenvalue weighted by atomic mass is 35.5. The third kappa shape index (κ3) is 15.8. The molecule has 0 spiro atoms. The summed E-state index contributed by atoms with van der Waals surface area (Å²) in [7, 11) is 0. The van der Waals surface area contributed by atoms with Crippen LogP contribution < -0.4 is 20.7 Å². The number of carboxylic acid groups (broad SMARTS) is 2. The molecule has 0 aliphatic heterocycles. The molecule has 13 heteroatoms. The van der Waals surface area contributed by atoms with Gasteiger partial charge in [-0.1, -0.05) is 56.2 Å². The van der Waals surface area contributed by atoms with Crippen LogP contribution in [0.4, 0.5) is 4.79 Å². The number of benzene rings is 2.